The molecule has 0 amide bonds. The van der Waals surface area contributed by atoms with Crippen LogP contribution in [0.1, 0.15) is 18.2 Å². The lowest BCUT2D eigenvalue weighted by Crippen LogP contribution is -2.30. The van der Waals surface area contributed by atoms with Crippen molar-refractivity contribution in [1.29, 1.82) is 0 Å². The summed E-state index contributed by atoms with van der Waals surface area (Å²) in [5.74, 6) is 0. The zero-order valence-electron chi connectivity index (χ0n) is 11.4. The van der Waals surface area contributed by atoms with Gasteiger partial charge in [0.05, 0.1) is 0 Å². The van der Waals surface area contributed by atoms with Gasteiger partial charge in [-0.2, -0.15) is 0 Å². The van der Waals surface area contributed by atoms with Crippen LogP contribution >= 0.6 is 0 Å². The summed E-state index contributed by atoms with van der Waals surface area (Å²) < 4.78 is 0. The van der Waals surface area contributed by atoms with E-state index in [-0.39, 0.29) is 0 Å². The molecule has 0 saturated carbocycles. The maximum absolute atomic E-state index is 7.00. The van der Waals surface area contributed by atoms with Gasteiger partial charge in [0.2, 0.25) is 0 Å². The van der Waals surface area contributed by atoms with Gasteiger partial charge in [-0.05, 0) is 32.0 Å². The Balaban J connectivity index is 0.000000574. The summed E-state index contributed by atoms with van der Waals surface area (Å²) in [5.41, 5.74) is 4.27. The monoisotopic (exact) mass is 246 g/mol. The first-order valence-corrected chi connectivity index (χ1v) is 6.49. The number of nitrogens with zero attached hydrogens (tertiary/aromatic N) is 1. The third kappa shape index (κ3) is 2.28. The predicted octanol–water partition coefficient (Wildman–Crippen LogP) is 2.20. The number of hydrogen-bond donors (Lipinski definition) is 2. The second kappa shape index (κ2) is 5.55. The summed E-state index contributed by atoms with van der Waals surface area (Å²) in [6, 6.07) is 9.29. The normalized spacial score (nSPS) is 19.9. The number of hydrogen-bond acceptors (Lipinski definition) is 2. The molecule has 0 spiro atoms. The van der Waals surface area contributed by atoms with Crippen LogP contribution in [0.15, 0.2) is 24.3 Å². The minimum absolute atomic E-state index is 0.634. The first-order chi connectivity index (χ1) is 8.75. The van der Waals surface area contributed by atoms with Crippen LogP contribution in [0.4, 0.5) is 0 Å². The standard InChI is InChI=1S/C14H18N2.CH4O/c1-10-9-14-12(7-8-16(10)2)11-5-3-4-6-13(11)15-14;1-2/h3-6,10,15H,7-9H2,1-2H3;2H,1H3. The zero-order valence-corrected chi connectivity index (χ0v) is 11.4. The molecule has 1 unspecified atom stereocenters. The number of aliphatic hydroxyl groups is 1. The minimum atomic E-state index is 0.634. The third-order valence-corrected chi connectivity index (χ3v) is 3.87. The van der Waals surface area contributed by atoms with Crippen molar-refractivity contribution < 1.29 is 5.11 Å². The summed E-state index contributed by atoms with van der Waals surface area (Å²) in [5, 5.41) is 8.42. The van der Waals surface area contributed by atoms with Crippen LogP contribution in [0.5, 0.6) is 0 Å². The topological polar surface area (TPSA) is 39.3 Å². The van der Waals surface area contributed by atoms with Crippen LogP contribution in [-0.4, -0.2) is 41.7 Å². The average Bonchev–Trinajstić information content (AvgIpc) is 2.68. The Morgan fingerprint density at radius 1 is 1.28 bits per heavy atom. The highest BCUT2D eigenvalue weighted by atomic mass is 16.2. The van der Waals surface area contributed by atoms with Gasteiger partial charge in [-0.3, -0.25) is 0 Å². The molecule has 1 aliphatic rings. The Labute approximate surface area is 108 Å². The molecule has 3 nitrogen and oxygen atoms in total. The summed E-state index contributed by atoms with van der Waals surface area (Å²) >= 11 is 0. The predicted molar refractivity (Wildman–Crippen MR) is 75.9 cm³/mol. The molecule has 0 fully saturated rings. The van der Waals surface area contributed by atoms with E-state index in [1.165, 1.54) is 28.6 Å². The van der Waals surface area contributed by atoms with Crippen molar-refractivity contribution in [1.82, 2.24) is 9.88 Å². The molecule has 18 heavy (non-hydrogen) atoms. The van der Waals surface area contributed by atoms with Crippen LogP contribution in [-0.2, 0) is 12.8 Å². The van der Waals surface area contributed by atoms with E-state index in [9.17, 15) is 0 Å². The Hall–Kier alpha value is -1.32. The molecule has 1 aromatic carbocycles. The van der Waals surface area contributed by atoms with Gasteiger partial charge in [0.1, 0.15) is 0 Å². The van der Waals surface area contributed by atoms with E-state index in [0.717, 1.165) is 20.1 Å². The van der Waals surface area contributed by atoms with Crippen LogP contribution < -0.4 is 0 Å². The Bertz CT molecular complexity index is 518. The van der Waals surface area contributed by atoms with Crippen molar-refractivity contribution in [3.05, 3.63) is 35.5 Å². The van der Waals surface area contributed by atoms with Crippen molar-refractivity contribution in [3.8, 4) is 0 Å². The van der Waals surface area contributed by atoms with E-state index in [2.05, 4.69) is 48.1 Å². The van der Waals surface area contributed by atoms with Crippen molar-refractivity contribution in [2.75, 3.05) is 20.7 Å². The van der Waals surface area contributed by atoms with Gasteiger partial charge in [-0.15, -0.1) is 0 Å². The fourth-order valence-corrected chi connectivity index (χ4v) is 2.68. The molecule has 3 heteroatoms. The average molecular weight is 246 g/mol. The zero-order chi connectivity index (χ0) is 13.1. The second-order valence-electron chi connectivity index (χ2n) is 4.91. The molecule has 0 bridgehead atoms. The highest BCUT2D eigenvalue weighted by molar-refractivity contribution is 5.84. The van der Waals surface area contributed by atoms with E-state index in [4.69, 9.17) is 5.11 Å². The number of rotatable bonds is 0. The van der Waals surface area contributed by atoms with Crippen molar-refractivity contribution in [3.63, 3.8) is 0 Å². The Morgan fingerprint density at radius 3 is 2.78 bits per heavy atom. The number of fused-ring (bicyclic) bond motifs is 3. The number of aromatic amines is 1. The van der Waals surface area contributed by atoms with Gasteiger partial charge in [0.25, 0.3) is 0 Å². The minimum Gasteiger partial charge on any atom is -0.400 e. The summed E-state index contributed by atoms with van der Waals surface area (Å²) in [7, 11) is 3.22. The Kier molecular flexibility index (Phi) is 4.04. The molecule has 0 saturated heterocycles. The highest BCUT2D eigenvalue weighted by Crippen LogP contribution is 2.26. The summed E-state index contributed by atoms with van der Waals surface area (Å²) in [6.45, 7) is 3.47. The van der Waals surface area contributed by atoms with Crippen LogP contribution in [0.2, 0.25) is 0 Å². The van der Waals surface area contributed by atoms with Crippen molar-refractivity contribution in [2.24, 2.45) is 0 Å². The van der Waals surface area contributed by atoms with E-state index in [1.807, 2.05) is 0 Å². The fraction of sp³-hybridized carbons (Fsp3) is 0.467. The van der Waals surface area contributed by atoms with Gasteiger partial charge in [-0.25, -0.2) is 0 Å². The van der Waals surface area contributed by atoms with E-state index in [0.29, 0.717) is 6.04 Å². The van der Waals surface area contributed by atoms with Crippen LogP contribution in [0.3, 0.4) is 0 Å². The number of likely N-dealkylation sites (N-methyl/N-ethyl adjacent to an activating group) is 1. The molecule has 2 heterocycles. The first kappa shape index (κ1) is 13.1. The summed E-state index contributed by atoms with van der Waals surface area (Å²) in [6.07, 6.45) is 2.31. The molecule has 2 N–H and O–H groups in total. The maximum Gasteiger partial charge on any atom is 0.0458 e. The van der Waals surface area contributed by atoms with Crippen molar-refractivity contribution >= 4 is 10.9 Å². The van der Waals surface area contributed by atoms with E-state index < -0.39 is 0 Å². The SMILES string of the molecule is CC1Cc2[nH]c3ccccc3c2CCN1C.CO. The highest BCUT2D eigenvalue weighted by Gasteiger charge is 2.20. The van der Waals surface area contributed by atoms with Gasteiger partial charge in [0.15, 0.2) is 0 Å². The van der Waals surface area contributed by atoms with Crippen LogP contribution in [0, 0.1) is 0 Å². The Morgan fingerprint density at radius 2 is 2.00 bits per heavy atom. The number of nitrogens with one attached hydrogen (secondary N) is 1. The van der Waals surface area contributed by atoms with Gasteiger partial charge in [-0.1, -0.05) is 18.2 Å². The number of para-hydroxylation sites is 1. The largest absolute Gasteiger partial charge is 0.400 e. The number of aromatic nitrogens is 1. The molecule has 0 radical (unpaired) electrons. The molecule has 1 atom stereocenters. The van der Waals surface area contributed by atoms with Gasteiger partial charge in [0, 0.05) is 42.7 Å². The molecular weight excluding hydrogens is 224 g/mol. The third-order valence-electron chi connectivity index (χ3n) is 3.87. The molecule has 1 aromatic heterocycles. The fourth-order valence-electron chi connectivity index (χ4n) is 2.68. The molecule has 2 aromatic rings. The lowest BCUT2D eigenvalue weighted by Gasteiger charge is -2.21. The number of aliphatic hydroxyl groups excluding tert-OH is 1. The summed E-state index contributed by atoms with van der Waals surface area (Å²) in [4.78, 5) is 6.03. The molecule has 0 aliphatic carbocycles. The van der Waals surface area contributed by atoms with E-state index >= 15 is 0 Å². The molecule has 1 aliphatic heterocycles. The quantitative estimate of drug-likeness (QED) is 0.748. The molecule has 98 valence electrons. The smallest absolute Gasteiger partial charge is 0.0458 e. The van der Waals surface area contributed by atoms with Gasteiger partial charge < -0.3 is 15.0 Å². The number of H-pyrrole nitrogens is 1. The lowest BCUT2D eigenvalue weighted by atomic mass is 10.1. The van der Waals surface area contributed by atoms with Gasteiger partial charge >= 0.3 is 0 Å². The second-order valence-corrected chi connectivity index (χ2v) is 4.91. The lowest BCUT2D eigenvalue weighted by molar-refractivity contribution is 0.267. The van der Waals surface area contributed by atoms with Crippen LogP contribution in [0.25, 0.3) is 10.9 Å². The van der Waals surface area contributed by atoms with E-state index in [1.54, 1.807) is 0 Å². The maximum atomic E-state index is 7.00. The molecular formula is C15H22N2O. The first-order valence-electron chi connectivity index (χ1n) is 6.49. The van der Waals surface area contributed by atoms with Crippen molar-refractivity contribution in [2.45, 2.75) is 25.8 Å². The number of benzene rings is 1. The molecule has 3 rings (SSSR count).